The number of benzene rings is 1. The molecule has 3 heterocycles. The van der Waals surface area contributed by atoms with E-state index in [1.807, 2.05) is 17.0 Å². The molecule has 1 fully saturated rings. The lowest BCUT2D eigenvalue weighted by Crippen LogP contribution is -2.53. The monoisotopic (exact) mass is 419 g/mol. The number of anilines is 1. The van der Waals surface area contributed by atoms with Crippen LogP contribution in [0.5, 0.6) is 0 Å². The van der Waals surface area contributed by atoms with Gasteiger partial charge in [0.25, 0.3) is 5.91 Å². The summed E-state index contributed by atoms with van der Waals surface area (Å²) in [6, 6.07) is 12.3. The molecule has 2 aromatic heterocycles. The number of fused-ring (bicyclic) bond motifs is 1. The Bertz CT molecular complexity index is 1030. The number of rotatable bonds is 7. The number of carbonyl (C=O) groups excluding carboxylic acids is 1. The minimum absolute atomic E-state index is 0.0689. The second kappa shape index (κ2) is 9.52. The summed E-state index contributed by atoms with van der Waals surface area (Å²) < 4.78 is 0. The number of para-hydroxylation sites is 1. The van der Waals surface area contributed by atoms with Gasteiger partial charge < -0.3 is 15.2 Å². The number of H-pyrrole nitrogens is 1. The normalized spacial score (nSPS) is 17.4. The lowest BCUT2D eigenvalue weighted by atomic mass is 10.1. The fourth-order valence-corrected chi connectivity index (χ4v) is 4.33. The van der Waals surface area contributed by atoms with Crippen LogP contribution < -0.4 is 5.32 Å². The Morgan fingerprint density at radius 1 is 1.23 bits per heavy atom. The van der Waals surface area contributed by atoms with Gasteiger partial charge in [-0.2, -0.15) is 0 Å². The Morgan fingerprint density at radius 3 is 2.87 bits per heavy atom. The molecule has 1 aliphatic rings. The van der Waals surface area contributed by atoms with Gasteiger partial charge in [-0.1, -0.05) is 32.0 Å². The van der Waals surface area contributed by atoms with Crippen LogP contribution in [0.2, 0.25) is 0 Å². The van der Waals surface area contributed by atoms with Crippen LogP contribution >= 0.6 is 0 Å². The third-order valence-electron chi connectivity index (χ3n) is 6.09. The SMILES string of the molecule is CC(C)CCNc1ncccc1C(=O)N1CCN(Cc2c[nH]c3ccccc23)C[C@@H]1C. The Kier molecular flexibility index (Phi) is 6.56. The van der Waals surface area contributed by atoms with Crippen LogP contribution in [0.25, 0.3) is 10.9 Å². The smallest absolute Gasteiger partial charge is 0.257 e. The number of amides is 1. The van der Waals surface area contributed by atoms with Crippen molar-refractivity contribution in [2.24, 2.45) is 5.92 Å². The van der Waals surface area contributed by atoms with Gasteiger partial charge in [-0.15, -0.1) is 0 Å². The third kappa shape index (κ3) is 4.90. The Labute approximate surface area is 184 Å². The van der Waals surface area contributed by atoms with Crippen LogP contribution in [0.15, 0.2) is 48.8 Å². The first kappa shape index (κ1) is 21.4. The van der Waals surface area contributed by atoms with E-state index in [1.165, 1.54) is 16.5 Å². The summed E-state index contributed by atoms with van der Waals surface area (Å²) in [4.78, 5) is 25.6. The highest BCUT2D eigenvalue weighted by Crippen LogP contribution is 2.23. The first-order valence-corrected chi connectivity index (χ1v) is 11.3. The fraction of sp³-hybridized carbons (Fsp3) is 0.440. The second-order valence-corrected chi connectivity index (χ2v) is 8.95. The highest BCUT2D eigenvalue weighted by molar-refractivity contribution is 5.99. The van der Waals surface area contributed by atoms with Crippen molar-refractivity contribution < 1.29 is 4.79 Å². The maximum Gasteiger partial charge on any atom is 0.257 e. The van der Waals surface area contributed by atoms with E-state index in [9.17, 15) is 4.79 Å². The van der Waals surface area contributed by atoms with Crippen molar-refractivity contribution in [1.29, 1.82) is 0 Å². The van der Waals surface area contributed by atoms with E-state index in [-0.39, 0.29) is 11.9 Å². The van der Waals surface area contributed by atoms with Gasteiger partial charge >= 0.3 is 0 Å². The van der Waals surface area contributed by atoms with E-state index in [1.54, 1.807) is 6.20 Å². The molecule has 0 saturated carbocycles. The summed E-state index contributed by atoms with van der Waals surface area (Å²) in [5, 5.41) is 4.64. The Morgan fingerprint density at radius 2 is 2.06 bits per heavy atom. The molecule has 31 heavy (non-hydrogen) atoms. The van der Waals surface area contributed by atoms with Crippen LogP contribution in [0.1, 0.15) is 43.1 Å². The largest absolute Gasteiger partial charge is 0.369 e. The predicted molar refractivity (Wildman–Crippen MR) is 126 cm³/mol. The van der Waals surface area contributed by atoms with E-state index < -0.39 is 0 Å². The number of aromatic nitrogens is 2. The number of carbonyl (C=O) groups is 1. The highest BCUT2D eigenvalue weighted by atomic mass is 16.2. The molecule has 0 spiro atoms. The van der Waals surface area contributed by atoms with Crippen molar-refractivity contribution in [3.8, 4) is 0 Å². The number of hydrogen-bond donors (Lipinski definition) is 2. The molecule has 1 aliphatic heterocycles. The van der Waals surface area contributed by atoms with Gasteiger partial charge in [0.15, 0.2) is 0 Å². The van der Waals surface area contributed by atoms with E-state index in [0.29, 0.717) is 17.3 Å². The molecule has 6 nitrogen and oxygen atoms in total. The molecule has 1 aromatic carbocycles. The molecule has 0 unspecified atom stereocenters. The lowest BCUT2D eigenvalue weighted by Gasteiger charge is -2.40. The van der Waals surface area contributed by atoms with Crippen molar-refractivity contribution in [2.75, 3.05) is 31.5 Å². The van der Waals surface area contributed by atoms with E-state index in [2.05, 4.69) is 71.4 Å². The molecule has 6 heteroatoms. The van der Waals surface area contributed by atoms with Crippen LogP contribution in [-0.4, -0.2) is 57.9 Å². The summed E-state index contributed by atoms with van der Waals surface area (Å²) in [5.41, 5.74) is 3.16. The lowest BCUT2D eigenvalue weighted by molar-refractivity contribution is 0.0477. The summed E-state index contributed by atoms with van der Waals surface area (Å²) in [6.45, 7) is 10.7. The van der Waals surface area contributed by atoms with Gasteiger partial charge in [0.05, 0.1) is 5.56 Å². The number of piperazine rings is 1. The van der Waals surface area contributed by atoms with Gasteiger partial charge in [-0.25, -0.2) is 4.98 Å². The van der Waals surface area contributed by atoms with Crippen molar-refractivity contribution in [3.63, 3.8) is 0 Å². The molecule has 4 rings (SSSR count). The van der Waals surface area contributed by atoms with Gasteiger partial charge in [-0.05, 0) is 43.0 Å². The number of nitrogens with zero attached hydrogens (tertiary/aromatic N) is 3. The average Bonchev–Trinajstić information content (AvgIpc) is 3.16. The third-order valence-corrected chi connectivity index (χ3v) is 6.09. The van der Waals surface area contributed by atoms with E-state index >= 15 is 0 Å². The molecule has 1 saturated heterocycles. The first-order valence-electron chi connectivity index (χ1n) is 11.3. The molecule has 1 atom stereocenters. The van der Waals surface area contributed by atoms with Crippen LogP contribution in [0.3, 0.4) is 0 Å². The summed E-state index contributed by atoms with van der Waals surface area (Å²) in [5.74, 6) is 1.38. The number of nitrogens with one attached hydrogen (secondary N) is 2. The van der Waals surface area contributed by atoms with Crippen molar-refractivity contribution in [2.45, 2.75) is 39.8 Å². The van der Waals surface area contributed by atoms with E-state index in [4.69, 9.17) is 0 Å². The van der Waals surface area contributed by atoms with Crippen molar-refractivity contribution in [3.05, 3.63) is 59.9 Å². The summed E-state index contributed by atoms with van der Waals surface area (Å²) in [6.07, 6.45) is 4.90. The minimum atomic E-state index is 0.0689. The molecule has 0 aliphatic carbocycles. The fourth-order valence-electron chi connectivity index (χ4n) is 4.33. The van der Waals surface area contributed by atoms with Gasteiger partial charge in [0.1, 0.15) is 5.82 Å². The number of hydrogen-bond acceptors (Lipinski definition) is 4. The molecular weight excluding hydrogens is 386 g/mol. The van der Waals surface area contributed by atoms with Crippen molar-refractivity contribution in [1.82, 2.24) is 19.8 Å². The van der Waals surface area contributed by atoms with Gasteiger partial charge in [0.2, 0.25) is 0 Å². The summed E-state index contributed by atoms with van der Waals surface area (Å²) in [7, 11) is 0. The molecule has 1 amide bonds. The maximum absolute atomic E-state index is 13.3. The molecule has 2 N–H and O–H groups in total. The molecular formula is C25H33N5O. The minimum Gasteiger partial charge on any atom is -0.369 e. The van der Waals surface area contributed by atoms with E-state index in [0.717, 1.165) is 39.1 Å². The highest BCUT2D eigenvalue weighted by Gasteiger charge is 2.29. The number of aromatic amines is 1. The maximum atomic E-state index is 13.3. The molecule has 0 bridgehead atoms. The van der Waals surface area contributed by atoms with Gasteiger partial charge in [0, 0.05) is 62.1 Å². The molecule has 0 radical (unpaired) electrons. The zero-order chi connectivity index (χ0) is 21.8. The quantitative estimate of drug-likeness (QED) is 0.597. The topological polar surface area (TPSA) is 64.3 Å². The molecule has 164 valence electrons. The number of pyridine rings is 1. The Hall–Kier alpha value is -2.86. The molecule has 3 aromatic rings. The van der Waals surface area contributed by atoms with Crippen molar-refractivity contribution >= 4 is 22.6 Å². The average molecular weight is 420 g/mol. The van der Waals surface area contributed by atoms with Crippen LogP contribution in [0, 0.1) is 5.92 Å². The summed E-state index contributed by atoms with van der Waals surface area (Å²) >= 11 is 0. The predicted octanol–water partition coefficient (Wildman–Crippen LogP) is 4.37. The zero-order valence-electron chi connectivity index (χ0n) is 18.8. The zero-order valence-corrected chi connectivity index (χ0v) is 18.8. The van der Waals surface area contributed by atoms with Gasteiger partial charge in [-0.3, -0.25) is 9.69 Å². The van der Waals surface area contributed by atoms with Crippen LogP contribution in [-0.2, 0) is 6.54 Å². The van der Waals surface area contributed by atoms with Crippen LogP contribution in [0.4, 0.5) is 5.82 Å². The standard InChI is InChI=1S/C25H33N5O/c1-18(2)10-12-27-24-22(8-6-11-26-24)25(31)30-14-13-29(16-19(30)3)17-20-15-28-23-9-5-4-7-21(20)23/h4-9,11,15,18-19,28H,10,12-14,16-17H2,1-3H3,(H,26,27)/t19-/m0/s1. The Balaban J connectivity index is 1.40. The second-order valence-electron chi connectivity index (χ2n) is 8.95. The first-order chi connectivity index (χ1) is 15.0.